The molecule has 0 bridgehead atoms. The summed E-state index contributed by atoms with van der Waals surface area (Å²) >= 11 is 0. The van der Waals surface area contributed by atoms with Crippen molar-refractivity contribution in [3.8, 4) is 0 Å². The van der Waals surface area contributed by atoms with E-state index in [0.29, 0.717) is 0 Å². The molecule has 5 nitrogen and oxygen atoms in total. The average Bonchev–Trinajstić information content (AvgIpc) is 0.722. The second-order valence-corrected chi connectivity index (χ2v) is 1.50. The first-order chi connectivity index (χ1) is 2.00. The van der Waals surface area contributed by atoms with Crippen LogP contribution in [0.1, 0.15) is 0 Å². The van der Waals surface area contributed by atoms with Crippen LogP contribution >= 0.6 is 0 Å². The van der Waals surface area contributed by atoms with E-state index >= 15 is 0 Å². The zero-order valence-corrected chi connectivity index (χ0v) is 8.23. The van der Waals surface area contributed by atoms with Gasteiger partial charge in [-0.25, -0.2) is 0 Å². The van der Waals surface area contributed by atoms with E-state index in [-0.39, 0.29) is 60.6 Å². The summed E-state index contributed by atoms with van der Waals surface area (Å²) in [5.41, 5.74) is 0. The van der Waals surface area contributed by atoms with E-state index in [4.69, 9.17) is 19.2 Å². The fraction of sp³-hybridized carbons (Fsp3) is 0. The van der Waals surface area contributed by atoms with E-state index in [1.54, 1.807) is 0 Å². The molecule has 0 heterocycles. The molecule has 40 valence electrons. The van der Waals surface area contributed by atoms with Crippen molar-refractivity contribution in [2.75, 3.05) is 0 Å². The molecule has 0 radical (unpaired) electrons. The Bertz CT molecular complexity index is 27.9. The topological polar surface area (TPSA) is 122 Å². The monoisotopic (exact) mass is 176 g/mol. The molecule has 0 saturated heterocycles. The van der Waals surface area contributed by atoms with Gasteiger partial charge in [0.05, 0.1) is 0 Å². The molecule has 0 aliphatic rings. The van der Waals surface area contributed by atoms with Crippen LogP contribution < -0.4 is 19.2 Å². The van der Waals surface area contributed by atoms with Gasteiger partial charge in [-0.3, -0.25) is 0 Å². The maximum atomic E-state index is 8.58. The van der Waals surface area contributed by atoms with E-state index in [1.165, 1.54) is 0 Å². The molecule has 0 rings (SSSR count). The van der Waals surface area contributed by atoms with Gasteiger partial charge in [-0.1, -0.05) is 0 Å². The third-order valence-electron chi connectivity index (χ3n) is 0. The Morgan fingerprint density at radius 3 is 0.875 bits per heavy atom. The second kappa shape index (κ2) is 8.81. The fourth-order valence-corrected chi connectivity index (χ4v) is 0. The molecule has 0 aromatic carbocycles. The molecule has 0 saturated carbocycles. The third kappa shape index (κ3) is 111. The first kappa shape index (κ1) is 22.6. The molecular formula is HAlCaO5Si. The Labute approximate surface area is 87.9 Å². The largest absolute Gasteiger partial charge is 3.00 e. The van der Waals surface area contributed by atoms with Crippen LogP contribution in [0.3, 0.4) is 0 Å². The Hall–Kier alpha value is 1.81. The van der Waals surface area contributed by atoms with Gasteiger partial charge >= 0.3 is 55.1 Å². The molecule has 0 aromatic rings. The predicted octanol–water partition coefficient (Wildman–Crippen LogP) is -6.08. The van der Waals surface area contributed by atoms with E-state index in [2.05, 4.69) is 0 Å². The molecule has 1 N–H and O–H groups in total. The standard InChI is InChI=1S/Al.Ca.O4Si.H2O/c;;1-5(2,3)4;/h;;;1H2/q+3;+2;-4;/p-1. The van der Waals surface area contributed by atoms with E-state index < -0.39 is 9.05 Å². The van der Waals surface area contributed by atoms with Gasteiger partial charge < -0.3 is 33.7 Å². The van der Waals surface area contributed by atoms with Crippen molar-refractivity contribution in [1.29, 1.82) is 0 Å². The van der Waals surface area contributed by atoms with Crippen molar-refractivity contribution < 1.29 is 24.7 Å². The zero-order valence-electron chi connectivity index (χ0n) is 3.86. The quantitative estimate of drug-likeness (QED) is 0.340. The van der Waals surface area contributed by atoms with Gasteiger partial charge in [-0.15, -0.1) is 0 Å². The van der Waals surface area contributed by atoms with Gasteiger partial charge in [0, 0.05) is 0 Å². The van der Waals surface area contributed by atoms with Crippen molar-refractivity contribution in [3.05, 3.63) is 0 Å². The number of rotatable bonds is 0. The summed E-state index contributed by atoms with van der Waals surface area (Å²) < 4.78 is 0. The summed E-state index contributed by atoms with van der Waals surface area (Å²) in [5.74, 6) is 0. The smallest absolute Gasteiger partial charge is 0.894 e. The van der Waals surface area contributed by atoms with Crippen LogP contribution in [0.25, 0.3) is 0 Å². The van der Waals surface area contributed by atoms with Gasteiger partial charge in [0.2, 0.25) is 0 Å². The van der Waals surface area contributed by atoms with Crippen LogP contribution in [0, 0.1) is 0 Å². The molecule has 0 aliphatic heterocycles. The zero-order chi connectivity index (χ0) is 4.50. The van der Waals surface area contributed by atoms with Crippen LogP contribution in [0.4, 0.5) is 0 Å². The molecule has 8 heteroatoms. The van der Waals surface area contributed by atoms with Crippen molar-refractivity contribution in [2.45, 2.75) is 0 Å². The van der Waals surface area contributed by atoms with E-state index in [1.807, 2.05) is 0 Å². The Balaban J connectivity index is -0.0000000267. The summed E-state index contributed by atoms with van der Waals surface area (Å²) in [5, 5.41) is 0. The Morgan fingerprint density at radius 2 is 0.875 bits per heavy atom. The molecule has 0 spiro atoms. The first-order valence-electron chi connectivity index (χ1n) is 0.816. The van der Waals surface area contributed by atoms with Crippen molar-refractivity contribution in [2.24, 2.45) is 0 Å². The summed E-state index contributed by atoms with van der Waals surface area (Å²) in [6, 6.07) is 0. The minimum absolute atomic E-state index is 0. The maximum Gasteiger partial charge on any atom is 3.00 e. The van der Waals surface area contributed by atoms with Gasteiger partial charge in [-0.05, 0) is 0 Å². The van der Waals surface area contributed by atoms with Crippen LogP contribution in [0.5, 0.6) is 0 Å². The van der Waals surface area contributed by atoms with Crippen molar-refractivity contribution in [1.82, 2.24) is 0 Å². The minimum atomic E-state index is -5.61. The average molecular weight is 176 g/mol. The number of hydrogen-bond donors (Lipinski definition) is 0. The van der Waals surface area contributed by atoms with Crippen molar-refractivity contribution >= 4 is 64.1 Å². The molecule has 0 aliphatic carbocycles. The van der Waals surface area contributed by atoms with Crippen LogP contribution in [0.15, 0.2) is 0 Å². The summed E-state index contributed by atoms with van der Waals surface area (Å²) in [6.45, 7) is 0. The van der Waals surface area contributed by atoms with E-state index in [9.17, 15) is 0 Å². The molecule has 0 aromatic heterocycles. The number of hydrogen-bond acceptors (Lipinski definition) is 5. The van der Waals surface area contributed by atoms with Gasteiger partial charge in [0.15, 0.2) is 0 Å². The van der Waals surface area contributed by atoms with E-state index in [0.717, 1.165) is 0 Å². The normalized spacial score (nSPS) is 7.50. The van der Waals surface area contributed by atoms with Gasteiger partial charge in [0.25, 0.3) is 0 Å². The molecule has 0 fully saturated rings. The molecule has 0 unspecified atom stereocenters. The predicted molar refractivity (Wildman–Crippen MR) is 19.2 cm³/mol. The molecule has 0 amide bonds. The molecule has 8 heavy (non-hydrogen) atoms. The Kier molecular flexibility index (Phi) is 24.8. The first-order valence-corrected chi connectivity index (χ1v) is 2.45. The summed E-state index contributed by atoms with van der Waals surface area (Å²) in [6.07, 6.45) is 0. The van der Waals surface area contributed by atoms with Crippen LogP contribution in [-0.2, 0) is 0 Å². The van der Waals surface area contributed by atoms with Gasteiger partial charge in [-0.2, -0.15) is 0 Å². The Morgan fingerprint density at radius 1 is 0.875 bits per heavy atom. The van der Waals surface area contributed by atoms with Crippen LogP contribution in [0.2, 0.25) is 0 Å². The second-order valence-electron chi connectivity index (χ2n) is 0.500. The van der Waals surface area contributed by atoms with Crippen LogP contribution in [-0.4, -0.2) is 69.6 Å². The van der Waals surface area contributed by atoms with Gasteiger partial charge in [0.1, 0.15) is 0 Å². The fourth-order valence-electron chi connectivity index (χ4n) is 0. The molecule has 0 atom stereocenters. The third-order valence-corrected chi connectivity index (χ3v) is 0. The van der Waals surface area contributed by atoms with Crippen molar-refractivity contribution in [3.63, 3.8) is 0 Å². The minimum Gasteiger partial charge on any atom is -0.894 e. The SMILES string of the molecule is [Al+3].[Ca+2].[O-][Si]([O-])([O-])[O-].[OH-]. The maximum absolute atomic E-state index is 8.58. The summed E-state index contributed by atoms with van der Waals surface area (Å²) in [4.78, 5) is 34.3. The summed E-state index contributed by atoms with van der Waals surface area (Å²) in [7, 11) is -5.61. The molecular weight excluding hydrogens is 175 g/mol.